The molecule has 0 spiro atoms. The van der Waals surface area contributed by atoms with Crippen LogP contribution in [-0.2, 0) is 11.3 Å². The van der Waals surface area contributed by atoms with E-state index in [1.807, 2.05) is 11.3 Å². The van der Waals surface area contributed by atoms with Gasteiger partial charge in [0, 0.05) is 42.5 Å². The molecule has 1 rings (SSSR count). The van der Waals surface area contributed by atoms with Crippen molar-refractivity contribution < 1.29 is 4.74 Å². The third-order valence-electron chi connectivity index (χ3n) is 3.11. The molecule has 1 N–H and O–H groups in total. The molecule has 1 atom stereocenters. The van der Waals surface area contributed by atoms with Gasteiger partial charge >= 0.3 is 0 Å². The highest BCUT2D eigenvalue weighted by Gasteiger charge is 2.10. The fourth-order valence-electron chi connectivity index (χ4n) is 2.05. The minimum absolute atomic E-state index is 0.491. The summed E-state index contributed by atoms with van der Waals surface area (Å²) >= 11 is 1.87. The van der Waals surface area contributed by atoms with Gasteiger partial charge in [0.1, 0.15) is 0 Å². The van der Waals surface area contributed by atoms with E-state index >= 15 is 0 Å². The van der Waals surface area contributed by atoms with E-state index in [-0.39, 0.29) is 0 Å². The van der Waals surface area contributed by atoms with Crippen molar-refractivity contribution in [3.05, 3.63) is 21.9 Å². The van der Waals surface area contributed by atoms with E-state index in [1.165, 1.54) is 9.75 Å². The van der Waals surface area contributed by atoms with Crippen LogP contribution in [0.3, 0.4) is 0 Å². The van der Waals surface area contributed by atoms with Gasteiger partial charge in [-0.15, -0.1) is 11.3 Å². The number of ether oxygens (including phenoxy) is 1. The number of hydrogen-bond acceptors (Lipinski definition) is 4. The molecule has 1 unspecified atom stereocenters. The molecule has 3 nitrogen and oxygen atoms in total. The van der Waals surface area contributed by atoms with Gasteiger partial charge in [-0.05, 0) is 32.5 Å². The van der Waals surface area contributed by atoms with Gasteiger partial charge in [0.15, 0.2) is 0 Å². The Morgan fingerprint density at radius 1 is 1.44 bits per heavy atom. The van der Waals surface area contributed by atoms with E-state index in [2.05, 4.69) is 43.1 Å². The second-order valence-electron chi connectivity index (χ2n) is 4.62. The molecular weight excluding hydrogens is 244 g/mol. The van der Waals surface area contributed by atoms with Gasteiger partial charge in [0.05, 0.1) is 6.61 Å². The van der Waals surface area contributed by atoms with Crippen LogP contribution >= 0.6 is 11.3 Å². The van der Waals surface area contributed by atoms with Crippen LogP contribution in [0.5, 0.6) is 0 Å². The quantitative estimate of drug-likeness (QED) is 0.698. The van der Waals surface area contributed by atoms with Gasteiger partial charge in [-0.1, -0.05) is 6.92 Å². The zero-order valence-electron chi connectivity index (χ0n) is 12.0. The molecule has 0 aromatic carbocycles. The van der Waals surface area contributed by atoms with Gasteiger partial charge in [-0.3, -0.25) is 4.90 Å². The Morgan fingerprint density at radius 2 is 2.22 bits per heavy atom. The second-order valence-corrected chi connectivity index (χ2v) is 5.99. The summed E-state index contributed by atoms with van der Waals surface area (Å²) < 4.78 is 5.20. The maximum atomic E-state index is 5.20. The first-order valence-corrected chi connectivity index (χ1v) is 7.48. The van der Waals surface area contributed by atoms with Crippen molar-refractivity contribution in [2.75, 3.05) is 33.4 Å². The first kappa shape index (κ1) is 15.6. The second kappa shape index (κ2) is 8.64. The maximum Gasteiger partial charge on any atom is 0.0615 e. The number of methoxy groups -OCH3 is 1. The first-order valence-electron chi connectivity index (χ1n) is 6.66. The number of nitrogens with zero attached hydrogens (tertiary/aromatic N) is 1. The molecule has 0 amide bonds. The molecule has 0 radical (unpaired) electrons. The Bertz CT molecular complexity index is 327. The molecule has 0 fully saturated rings. The zero-order valence-corrected chi connectivity index (χ0v) is 12.8. The lowest BCUT2D eigenvalue weighted by atomic mass is 10.3. The van der Waals surface area contributed by atoms with Crippen LogP contribution in [0, 0.1) is 6.92 Å². The number of likely N-dealkylation sites (N-methyl/N-ethyl adjacent to an activating group) is 1. The minimum atomic E-state index is 0.491. The Kier molecular flexibility index (Phi) is 7.51. The molecule has 4 heteroatoms. The van der Waals surface area contributed by atoms with Gasteiger partial charge in [0.25, 0.3) is 0 Å². The molecule has 0 bridgehead atoms. The fourth-order valence-corrected chi connectivity index (χ4v) is 2.91. The van der Waals surface area contributed by atoms with Crippen LogP contribution in [0.4, 0.5) is 0 Å². The number of rotatable bonds is 9. The smallest absolute Gasteiger partial charge is 0.0615 e. The first-order chi connectivity index (χ1) is 8.67. The van der Waals surface area contributed by atoms with Crippen LogP contribution in [0.2, 0.25) is 0 Å². The predicted molar refractivity (Wildman–Crippen MR) is 79.3 cm³/mol. The number of thiophene rings is 1. The van der Waals surface area contributed by atoms with Crippen molar-refractivity contribution in [2.24, 2.45) is 0 Å². The molecular formula is C14H26N2OS. The molecule has 104 valence electrons. The summed E-state index contributed by atoms with van der Waals surface area (Å²) in [6.07, 6.45) is 0. The third kappa shape index (κ3) is 5.48. The number of nitrogens with one attached hydrogen (secondary N) is 1. The van der Waals surface area contributed by atoms with Crippen molar-refractivity contribution in [3.8, 4) is 0 Å². The summed E-state index contributed by atoms with van der Waals surface area (Å²) in [5.41, 5.74) is 0. The molecule has 0 saturated carbocycles. The largest absolute Gasteiger partial charge is 0.383 e. The molecule has 0 saturated heterocycles. The van der Waals surface area contributed by atoms with Gasteiger partial charge in [0.2, 0.25) is 0 Å². The average molecular weight is 270 g/mol. The summed E-state index contributed by atoms with van der Waals surface area (Å²) in [6.45, 7) is 11.5. The normalized spacial score (nSPS) is 13.2. The van der Waals surface area contributed by atoms with E-state index in [0.29, 0.717) is 6.04 Å². The summed E-state index contributed by atoms with van der Waals surface area (Å²) in [5, 5.41) is 3.50. The lowest BCUT2D eigenvalue weighted by Gasteiger charge is -2.27. The van der Waals surface area contributed by atoms with E-state index in [9.17, 15) is 0 Å². The third-order valence-corrected chi connectivity index (χ3v) is 4.11. The van der Waals surface area contributed by atoms with E-state index in [4.69, 9.17) is 4.74 Å². The standard InChI is InChI=1S/C14H26N2OS/c1-5-16(12(2)11-17-4)9-8-15-10-14-7-6-13(3)18-14/h6-7,12,15H,5,8-11H2,1-4H3. The summed E-state index contributed by atoms with van der Waals surface area (Å²) in [6, 6.07) is 4.88. The monoisotopic (exact) mass is 270 g/mol. The molecule has 0 aliphatic carbocycles. The molecule has 18 heavy (non-hydrogen) atoms. The Morgan fingerprint density at radius 3 is 2.78 bits per heavy atom. The van der Waals surface area contributed by atoms with Crippen molar-refractivity contribution in [1.29, 1.82) is 0 Å². The lowest BCUT2D eigenvalue weighted by Crippen LogP contribution is -2.40. The summed E-state index contributed by atoms with van der Waals surface area (Å²) in [7, 11) is 1.77. The van der Waals surface area contributed by atoms with E-state index in [0.717, 1.165) is 32.8 Å². The van der Waals surface area contributed by atoms with Crippen LogP contribution in [0.1, 0.15) is 23.6 Å². The van der Waals surface area contributed by atoms with E-state index < -0.39 is 0 Å². The van der Waals surface area contributed by atoms with Gasteiger partial charge in [-0.25, -0.2) is 0 Å². The zero-order chi connectivity index (χ0) is 13.4. The van der Waals surface area contributed by atoms with Crippen LogP contribution < -0.4 is 5.32 Å². The van der Waals surface area contributed by atoms with Gasteiger partial charge < -0.3 is 10.1 Å². The summed E-state index contributed by atoms with van der Waals surface area (Å²) in [4.78, 5) is 5.24. The maximum absolute atomic E-state index is 5.20. The average Bonchev–Trinajstić information content (AvgIpc) is 2.75. The molecule has 0 aliphatic heterocycles. The highest BCUT2D eigenvalue weighted by molar-refractivity contribution is 7.11. The predicted octanol–water partition coefficient (Wildman–Crippen LogP) is 2.50. The van der Waals surface area contributed by atoms with Crippen molar-refractivity contribution in [2.45, 2.75) is 33.4 Å². The highest BCUT2D eigenvalue weighted by Crippen LogP contribution is 2.14. The van der Waals surface area contributed by atoms with Gasteiger partial charge in [-0.2, -0.15) is 0 Å². The number of hydrogen-bond donors (Lipinski definition) is 1. The number of aryl methyl sites for hydroxylation is 1. The van der Waals surface area contributed by atoms with Crippen LogP contribution in [0.25, 0.3) is 0 Å². The van der Waals surface area contributed by atoms with Crippen LogP contribution in [0.15, 0.2) is 12.1 Å². The van der Waals surface area contributed by atoms with Crippen molar-refractivity contribution >= 4 is 11.3 Å². The Labute approximate surface area is 115 Å². The van der Waals surface area contributed by atoms with E-state index in [1.54, 1.807) is 7.11 Å². The summed E-state index contributed by atoms with van der Waals surface area (Å²) in [5.74, 6) is 0. The van der Waals surface area contributed by atoms with Crippen LogP contribution in [-0.4, -0.2) is 44.3 Å². The minimum Gasteiger partial charge on any atom is -0.383 e. The SMILES string of the molecule is CCN(CCNCc1ccc(C)s1)C(C)COC. The highest BCUT2D eigenvalue weighted by atomic mass is 32.1. The Balaban J connectivity index is 2.19. The Hall–Kier alpha value is -0.420. The molecule has 0 aliphatic rings. The topological polar surface area (TPSA) is 24.5 Å². The fraction of sp³-hybridized carbons (Fsp3) is 0.714. The van der Waals surface area contributed by atoms with Crippen molar-refractivity contribution in [3.63, 3.8) is 0 Å². The van der Waals surface area contributed by atoms with Crippen molar-refractivity contribution in [1.82, 2.24) is 10.2 Å². The lowest BCUT2D eigenvalue weighted by molar-refractivity contribution is 0.103. The molecule has 1 aromatic heterocycles. The molecule has 1 heterocycles. The molecule has 1 aromatic rings.